The van der Waals surface area contributed by atoms with Crippen molar-refractivity contribution in [3.8, 4) is 5.75 Å². The molecule has 1 aliphatic heterocycles. The van der Waals surface area contributed by atoms with Gasteiger partial charge in [-0.05, 0) is 25.0 Å². The summed E-state index contributed by atoms with van der Waals surface area (Å²) in [4.78, 5) is 13.9. The predicted molar refractivity (Wildman–Crippen MR) is 73.6 cm³/mol. The first-order valence-electron chi connectivity index (χ1n) is 6.45. The van der Waals surface area contributed by atoms with Crippen LogP contribution in [-0.4, -0.2) is 44.3 Å². The van der Waals surface area contributed by atoms with Crippen LogP contribution in [-0.2, 0) is 4.74 Å². The van der Waals surface area contributed by atoms with Crippen molar-refractivity contribution < 1.29 is 14.3 Å². The molecule has 1 aromatic rings. The van der Waals surface area contributed by atoms with Gasteiger partial charge >= 0.3 is 6.03 Å². The zero-order valence-corrected chi connectivity index (χ0v) is 11.4. The van der Waals surface area contributed by atoms with Crippen LogP contribution in [0.25, 0.3) is 0 Å². The minimum Gasteiger partial charge on any atom is -0.497 e. The number of hydrogen-bond acceptors (Lipinski definition) is 3. The molecule has 0 bridgehead atoms. The maximum atomic E-state index is 12.1. The third-order valence-electron chi connectivity index (χ3n) is 3.38. The Morgan fingerprint density at radius 1 is 1.32 bits per heavy atom. The van der Waals surface area contributed by atoms with Gasteiger partial charge in [0.05, 0.1) is 13.2 Å². The molecule has 5 heteroatoms. The number of anilines is 1. The number of urea groups is 1. The Hall–Kier alpha value is -1.75. The summed E-state index contributed by atoms with van der Waals surface area (Å²) in [5.74, 6) is 0.732. The molecule has 19 heavy (non-hydrogen) atoms. The highest BCUT2D eigenvalue weighted by molar-refractivity contribution is 5.89. The molecule has 0 aromatic heterocycles. The Labute approximate surface area is 113 Å². The lowest BCUT2D eigenvalue weighted by Crippen LogP contribution is -2.42. The summed E-state index contributed by atoms with van der Waals surface area (Å²) in [5.41, 5.74) is 0.748. The van der Waals surface area contributed by atoms with E-state index in [2.05, 4.69) is 5.32 Å². The number of ether oxygens (including phenoxy) is 2. The fraction of sp³-hybridized carbons (Fsp3) is 0.500. The number of nitrogens with one attached hydrogen (secondary N) is 1. The van der Waals surface area contributed by atoms with E-state index in [1.807, 2.05) is 23.1 Å². The summed E-state index contributed by atoms with van der Waals surface area (Å²) in [7, 11) is 3.33. The van der Waals surface area contributed by atoms with E-state index in [1.165, 1.54) is 0 Å². The summed E-state index contributed by atoms with van der Waals surface area (Å²) in [6.45, 7) is 1.46. The predicted octanol–water partition coefficient (Wildman–Crippen LogP) is 2.34. The number of benzene rings is 1. The fourth-order valence-electron chi connectivity index (χ4n) is 2.20. The maximum absolute atomic E-state index is 12.1. The molecule has 1 heterocycles. The number of carbonyl (C=O) groups is 1. The molecule has 0 radical (unpaired) electrons. The second-order valence-corrected chi connectivity index (χ2v) is 4.58. The molecular formula is C14H20N2O3. The fourth-order valence-corrected chi connectivity index (χ4v) is 2.20. The first-order chi connectivity index (χ1) is 9.22. The van der Waals surface area contributed by atoms with Gasteiger partial charge in [0.25, 0.3) is 0 Å². The van der Waals surface area contributed by atoms with E-state index in [1.54, 1.807) is 20.3 Å². The van der Waals surface area contributed by atoms with Crippen LogP contribution in [0.1, 0.15) is 12.8 Å². The number of carbonyl (C=O) groups excluding carboxylic acids is 1. The van der Waals surface area contributed by atoms with E-state index in [4.69, 9.17) is 9.47 Å². The molecular weight excluding hydrogens is 244 g/mol. The monoisotopic (exact) mass is 264 g/mol. The highest BCUT2D eigenvalue weighted by Gasteiger charge is 2.22. The lowest BCUT2D eigenvalue weighted by atomic mass is 10.1. The summed E-state index contributed by atoms with van der Waals surface area (Å²) >= 11 is 0. The Bertz CT molecular complexity index is 428. The largest absolute Gasteiger partial charge is 0.497 e. The van der Waals surface area contributed by atoms with Crippen molar-refractivity contribution in [2.45, 2.75) is 18.9 Å². The van der Waals surface area contributed by atoms with E-state index in [0.29, 0.717) is 0 Å². The second-order valence-electron chi connectivity index (χ2n) is 4.58. The average Bonchev–Trinajstić information content (AvgIpc) is 2.47. The summed E-state index contributed by atoms with van der Waals surface area (Å²) < 4.78 is 10.4. The Morgan fingerprint density at radius 3 is 2.68 bits per heavy atom. The van der Waals surface area contributed by atoms with Gasteiger partial charge in [0.15, 0.2) is 0 Å². The summed E-state index contributed by atoms with van der Waals surface area (Å²) in [5, 5.41) is 2.89. The van der Waals surface area contributed by atoms with Gasteiger partial charge in [-0.1, -0.05) is 6.07 Å². The van der Waals surface area contributed by atoms with Gasteiger partial charge in [-0.3, -0.25) is 0 Å². The van der Waals surface area contributed by atoms with E-state index in [0.717, 1.165) is 37.4 Å². The van der Waals surface area contributed by atoms with Crippen LogP contribution in [0.4, 0.5) is 10.5 Å². The minimum atomic E-state index is -0.0668. The van der Waals surface area contributed by atoms with Crippen LogP contribution in [0.3, 0.4) is 0 Å². The number of hydrogen-bond donors (Lipinski definition) is 1. The summed E-state index contributed by atoms with van der Waals surface area (Å²) in [6, 6.07) is 7.29. The molecule has 5 nitrogen and oxygen atoms in total. The lowest BCUT2D eigenvalue weighted by Gasteiger charge is -2.31. The van der Waals surface area contributed by atoms with E-state index >= 15 is 0 Å². The molecule has 0 atom stereocenters. The number of amides is 2. The molecule has 2 rings (SSSR count). The molecule has 104 valence electrons. The molecule has 0 saturated carbocycles. The van der Waals surface area contributed by atoms with Crippen molar-refractivity contribution in [3.63, 3.8) is 0 Å². The van der Waals surface area contributed by atoms with Crippen LogP contribution >= 0.6 is 0 Å². The zero-order valence-electron chi connectivity index (χ0n) is 11.4. The molecule has 2 amide bonds. The van der Waals surface area contributed by atoms with Crippen LogP contribution in [0.15, 0.2) is 24.3 Å². The van der Waals surface area contributed by atoms with Crippen LogP contribution < -0.4 is 10.1 Å². The quantitative estimate of drug-likeness (QED) is 0.911. The van der Waals surface area contributed by atoms with Crippen molar-refractivity contribution >= 4 is 11.7 Å². The van der Waals surface area contributed by atoms with Gasteiger partial charge in [0, 0.05) is 32.0 Å². The minimum absolute atomic E-state index is 0.0668. The van der Waals surface area contributed by atoms with Crippen molar-refractivity contribution in [1.29, 1.82) is 0 Å². The van der Waals surface area contributed by atoms with Gasteiger partial charge in [0.2, 0.25) is 0 Å². The van der Waals surface area contributed by atoms with E-state index in [9.17, 15) is 4.79 Å². The third-order valence-corrected chi connectivity index (χ3v) is 3.38. The first-order valence-corrected chi connectivity index (χ1v) is 6.45. The number of likely N-dealkylation sites (tertiary alicyclic amines) is 1. The van der Waals surface area contributed by atoms with Gasteiger partial charge in [-0.25, -0.2) is 4.79 Å². The second kappa shape index (κ2) is 6.43. The number of rotatable bonds is 3. The molecule has 1 aliphatic rings. The van der Waals surface area contributed by atoms with Crippen molar-refractivity contribution in [2.24, 2.45) is 0 Å². The van der Waals surface area contributed by atoms with Crippen molar-refractivity contribution in [3.05, 3.63) is 24.3 Å². The van der Waals surface area contributed by atoms with Gasteiger partial charge in [-0.2, -0.15) is 0 Å². The van der Waals surface area contributed by atoms with Gasteiger partial charge in [0.1, 0.15) is 5.75 Å². The Kier molecular flexibility index (Phi) is 4.63. The normalized spacial score (nSPS) is 16.2. The van der Waals surface area contributed by atoms with Gasteiger partial charge < -0.3 is 19.7 Å². The average molecular weight is 264 g/mol. The van der Waals surface area contributed by atoms with Crippen molar-refractivity contribution in [2.75, 3.05) is 32.6 Å². The molecule has 1 saturated heterocycles. The highest BCUT2D eigenvalue weighted by Crippen LogP contribution is 2.18. The molecule has 1 fully saturated rings. The topological polar surface area (TPSA) is 50.8 Å². The van der Waals surface area contributed by atoms with Gasteiger partial charge in [-0.15, -0.1) is 0 Å². The third kappa shape index (κ3) is 3.61. The molecule has 0 spiro atoms. The van der Waals surface area contributed by atoms with Crippen LogP contribution in [0.5, 0.6) is 5.75 Å². The Morgan fingerprint density at radius 2 is 2.05 bits per heavy atom. The van der Waals surface area contributed by atoms with Crippen molar-refractivity contribution in [1.82, 2.24) is 4.90 Å². The number of piperidine rings is 1. The lowest BCUT2D eigenvalue weighted by molar-refractivity contribution is 0.0521. The number of methoxy groups -OCH3 is 2. The number of nitrogens with zero attached hydrogens (tertiary/aromatic N) is 1. The smallest absolute Gasteiger partial charge is 0.321 e. The van der Waals surface area contributed by atoms with Crippen LogP contribution in [0.2, 0.25) is 0 Å². The summed E-state index contributed by atoms with van der Waals surface area (Å²) in [6.07, 6.45) is 2.06. The molecule has 1 N–H and O–H groups in total. The molecule has 0 unspecified atom stereocenters. The maximum Gasteiger partial charge on any atom is 0.321 e. The first kappa shape index (κ1) is 13.7. The zero-order chi connectivity index (χ0) is 13.7. The molecule has 1 aromatic carbocycles. The standard InChI is InChI=1S/C14H20N2O3/c1-18-12-6-8-16(9-7-12)14(17)15-11-4-3-5-13(10-11)19-2/h3-5,10,12H,6-9H2,1-2H3,(H,15,17). The van der Waals surface area contributed by atoms with E-state index < -0.39 is 0 Å². The van der Waals surface area contributed by atoms with E-state index in [-0.39, 0.29) is 12.1 Å². The Balaban J connectivity index is 1.90. The highest BCUT2D eigenvalue weighted by atomic mass is 16.5. The van der Waals surface area contributed by atoms with Crippen LogP contribution in [0, 0.1) is 0 Å². The SMILES string of the molecule is COc1cccc(NC(=O)N2CCC(OC)CC2)c1. The molecule has 0 aliphatic carbocycles.